The van der Waals surface area contributed by atoms with Gasteiger partial charge >= 0.3 is 0 Å². The van der Waals surface area contributed by atoms with Gasteiger partial charge in [0, 0.05) is 11.6 Å². The van der Waals surface area contributed by atoms with Gasteiger partial charge < -0.3 is 10.6 Å². The smallest absolute Gasteiger partial charge is 0.237 e. The summed E-state index contributed by atoms with van der Waals surface area (Å²) in [7, 11) is 0. The minimum atomic E-state index is -0.154. The molecule has 1 amide bonds. The highest BCUT2D eigenvalue weighted by Gasteiger charge is 2.29. The summed E-state index contributed by atoms with van der Waals surface area (Å²) in [6.07, 6.45) is 3.79. The summed E-state index contributed by atoms with van der Waals surface area (Å²) in [6, 6.07) is 0.372. The Balaban J connectivity index is 2.48. The van der Waals surface area contributed by atoms with Crippen LogP contribution in [0.2, 0.25) is 0 Å². The van der Waals surface area contributed by atoms with E-state index in [4.69, 9.17) is 0 Å². The molecular formula is C15H30N2O. The van der Waals surface area contributed by atoms with E-state index in [2.05, 4.69) is 24.5 Å². The van der Waals surface area contributed by atoms with E-state index in [1.807, 2.05) is 27.7 Å². The van der Waals surface area contributed by atoms with Crippen molar-refractivity contribution in [3.8, 4) is 0 Å². The van der Waals surface area contributed by atoms with Gasteiger partial charge in [-0.15, -0.1) is 0 Å². The normalized spacial score (nSPS) is 30.9. The van der Waals surface area contributed by atoms with Crippen LogP contribution in [0.4, 0.5) is 0 Å². The monoisotopic (exact) mass is 254 g/mol. The summed E-state index contributed by atoms with van der Waals surface area (Å²) < 4.78 is 0. The highest BCUT2D eigenvalue weighted by Crippen LogP contribution is 2.29. The van der Waals surface area contributed by atoms with Crippen molar-refractivity contribution < 1.29 is 4.79 Å². The first-order valence-electron chi connectivity index (χ1n) is 7.29. The first-order chi connectivity index (χ1) is 8.20. The summed E-state index contributed by atoms with van der Waals surface area (Å²) in [5.41, 5.74) is -0.154. The van der Waals surface area contributed by atoms with Crippen molar-refractivity contribution in [3.63, 3.8) is 0 Å². The van der Waals surface area contributed by atoms with Crippen LogP contribution in [0.1, 0.15) is 60.8 Å². The summed E-state index contributed by atoms with van der Waals surface area (Å²) >= 11 is 0. The molecule has 2 N–H and O–H groups in total. The summed E-state index contributed by atoms with van der Waals surface area (Å²) in [4.78, 5) is 12.0. The van der Waals surface area contributed by atoms with Crippen LogP contribution < -0.4 is 10.6 Å². The number of hydrogen-bond acceptors (Lipinski definition) is 2. The third kappa shape index (κ3) is 4.60. The molecule has 0 heterocycles. The Bertz CT molecular complexity index is 283. The topological polar surface area (TPSA) is 41.1 Å². The van der Waals surface area contributed by atoms with Gasteiger partial charge in [-0.1, -0.05) is 26.7 Å². The van der Waals surface area contributed by atoms with Crippen LogP contribution in [0, 0.1) is 11.8 Å². The van der Waals surface area contributed by atoms with Gasteiger partial charge in [-0.25, -0.2) is 0 Å². The molecule has 1 aliphatic rings. The van der Waals surface area contributed by atoms with Gasteiger partial charge in [0.15, 0.2) is 0 Å². The van der Waals surface area contributed by atoms with Gasteiger partial charge in [0.1, 0.15) is 0 Å². The second-order valence-electron chi connectivity index (χ2n) is 7.00. The molecule has 0 aromatic carbocycles. The molecule has 3 heteroatoms. The number of amides is 1. The Labute approximate surface area is 112 Å². The van der Waals surface area contributed by atoms with E-state index >= 15 is 0 Å². The van der Waals surface area contributed by atoms with Crippen LogP contribution in [-0.2, 0) is 4.79 Å². The lowest BCUT2D eigenvalue weighted by atomic mass is 9.78. The molecule has 0 aromatic heterocycles. The maximum absolute atomic E-state index is 12.0. The Morgan fingerprint density at radius 1 is 1.22 bits per heavy atom. The zero-order valence-corrected chi connectivity index (χ0v) is 12.8. The minimum absolute atomic E-state index is 0.105. The van der Waals surface area contributed by atoms with Crippen molar-refractivity contribution in [1.29, 1.82) is 0 Å². The first-order valence-corrected chi connectivity index (χ1v) is 7.29. The molecule has 4 unspecified atom stereocenters. The minimum Gasteiger partial charge on any atom is -0.350 e. The lowest BCUT2D eigenvalue weighted by molar-refractivity contribution is -0.124. The van der Waals surface area contributed by atoms with E-state index in [-0.39, 0.29) is 17.5 Å². The van der Waals surface area contributed by atoms with Crippen molar-refractivity contribution >= 4 is 5.91 Å². The number of hydrogen-bond donors (Lipinski definition) is 2. The van der Waals surface area contributed by atoms with Crippen LogP contribution in [0.25, 0.3) is 0 Å². The molecule has 4 atom stereocenters. The predicted molar refractivity (Wildman–Crippen MR) is 76.5 cm³/mol. The third-order valence-corrected chi connectivity index (χ3v) is 4.06. The summed E-state index contributed by atoms with van der Waals surface area (Å²) in [5.74, 6) is 1.52. The zero-order valence-electron chi connectivity index (χ0n) is 12.8. The molecule has 1 aliphatic carbocycles. The largest absolute Gasteiger partial charge is 0.350 e. The summed E-state index contributed by atoms with van der Waals surface area (Å²) in [5, 5.41) is 6.54. The van der Waals surface area contributed by atoms with Gasteiger partial charge in [0.2, 0.25) is 5.91 Å². The van der Waals surface area contributed by atoms with E-state index in [9.17, 15) is 4.79 Å². The van der Waals surface area contributed by atoms with E-state index in [1.165, 1.54) is 19.3 Å². The van der Waals surface area contributed by atoms with E-state index in [0.29, 0.717) is 12.0 Å². The maximum atomic E-state index is 12.0. The number of nitrogens with one attached hydrogen (secondary N) is 2. The standard InChI is InChI=1S/C15H30N2O/c1-10-8-7-9-13(11(10)2)16-12(3)14(18)17-15(4,5)6/h10-13,16H,7-9H2,1-6H3,(H,17,18). The second kappa shape index (κ2) is 6.05. The molecule has 0 aliphatic heterocycles. The van der Waals surface area contributed by atoms with E-state index < -0.39 is 0 Å². The lowest BCUT2D eigenvalue weighted by Crippen LogP contribution is -2.54. The average molecular weight is 254 g/mol. The SMILES string of the molecule is CC(NC1CCCC(C)C1C)C(=O)NC(C)(C)C. The number of carbonyl (C=O) groups excluding carboxylic acids is 1. The van der Waals surface area contributed by atoms with Crippen molar-refractivity contribution in [1.82, 2.24) is 10.6 Å². The third-order valence-electron chi connectivity index (χ3n) is 4.06. The Kier molecular flexibility index (Phi) is 5.20. The number of rotatable bonds is 3. The molecule has 18 heavy (non-hydrogen) atoms. The summed E-state index contributed by atoms with van der Waals surface area (Å²) in [6.45, 7) is 12.6. The molecule has 0 aromatic rings. The number of carbonyl (C=O) groups is 1. The van der Waals surface area contributed by atoms with Crippen molar-refractivity contribution in [3.05, 3.63) is 0 Å². The van der Waals surface area contributed by atoms with Gasteiger partial charge in [0.25, 0.3) is 0 Å². The zero-order chi connectivity index (χ0) is 13.9. The Morgan fingerprint density at radius 3 is 2.39 bits per heavy atom. The van der Waals surface area contributed by atoms with E-state index in [1.54, 1.807) is 0 Å². The van der Waals surface area contributed by atoms with E-state index in [0.717, 1.165) is 5.92 Å². The molecule has 1 fully saturated rings. The predicted octanol–water partition coefficient (Wildman–Crippen LogP) is 2.70. The highest BCUT2D eigenvalue weighted by molar-refractivity contribution is 5.81. The lowest BCUT2D eigenvalue weighted by Gasteiger charge is -2.36. The second-order valence-corrected chi connectivity index (χ2v) is 7.00. The van der Waals surface area contributed by atoms with Crippen molar-refractivity contribution in [2.45, 2.75) is 78.4 Å². The van der Waals surface area contributed by atoms with Crippen LogP contribution in [0.3, 0.4) is 0 Å². The van der Waals surface area contributed by atoms with Crippen LogP contribution in [0.15, 0.2) is 0 Å². The molecule has 1 rings (SSSR count). The molecular weight excluding hydrogens is 224 g/mol. The Hall–Kier alpha value is -0.570. The van der Waals surface area contributed by atoms with Gasteiger partial charge in [-0.05, 0) is 46.0 Å². The fraction of sp³-hybridized carbons (Fsp3) is 0.933. The molecule has 0 spiro atoms. The van der Waals surface area contributed by atoms with Gasteiger partial charge in [-0.3, -0.25) is 4.79 Å². The van der Waals surface area contributed by atoms with Crippen molar-refractivity contribution in [2.75, 3.05) is 0 Å². The van der Waals surface area contributed by atoms with Gasteiger partial charge in [0.05, 0.1) is 6.04 Å². The quantitative estimate of drug-likeness (QED) is 0.813. The molecule has 0 radical (unpaired) electrons. The molecule has 0 saturated heterocycles. The fourth-order valence-corrected chi connectivity index (χ4v) is 2.69. The maximum Gasteiger partial charge on any atom is 0.237 e. The van der Waals surface area contributed by atoms with Crippen LogP contribution in [0.5, 0.6) is 0 Å². The highest BCUT2D eigenvalue weighted by atomic mass is 16.2. The molecule has 0 bridgehead atoms. The fourth-order valence-electron chi connectivity index (χ4n) is 2.69. The molecule has 1 saturated carbocycles. The Morgan fingerprint density at radius 2 is 1.83 bits per heavy atom. The van der Waals surface area contributed by atoms with Gasteiger partial charge in [-0.2, -0.15) is 0 Å². The van der Waals surface area contributed by atoms with Crippen LogP contribution in [-0.4, -0.2) is 23.5 Å². The van der Waals surface area contributed by atoms with Crippen LogP contribution >= 0.6 is 0 Å². The first kappa shape index (κ1) is 15.5. The average Bonchev–Trinajstić information content (AvgIpc) is 2.22. The molecule has 106 valence electrons. The van der Waals surface area contributed by atoms with Crippen molar-refractivity contribution in [2.24, 2.45) is 11.8 Å². The molecule has 3 nitrogen and oxygen atoms in total.